The van der Waals surface area contributed by atoms with E-state index in [0.29, 0.717) is 5.92 Å². The summed E-state index contributed by atoms with van der Waals surface area (Å²) < 4.78 is 0. The average molecular weight is 383 g/mol. The fraction of sp³-hybridized carbons (Fsp3) is 0.409. The van der Waals surface area contributed by atoms with E-state index in [4.69, 9.17) is 0 Å². The van der Waals surface area contributed by atoms with Gasteiger partial charge in [0.25, 0.3) is 0 Å². The number of thioether (sulfide) groups is 1. The molecule has 0 aromatic heterocycles. The number of para-hydroxylation sites is 1. The number of benzene rings is 2. The summed E-state index contributed by atoms with van der Waals surface area (Å²) in [6.07, 6.45) is 3.34. The Morgan fingerprint density at radius 3 is 2.74 bits per heavy atom. The Morgan fingerprint density at radius 1 is 1.19 bits per heavy atom. The van der Waals surface area contributed by atoms with E-state index in [2.05, 4.69) is 82.2 Å². The van der Waals surface area contributed by atoms with Gasteiger partial charge < -0.3 is 15.5 Å². The van der Waals surface area contributed by atoms with E-state index in [0.717, 1.165) is 32.1 Å². The van der Waals surface area contributed by atoms with Crippen LogP contribution in [0.15, 0.2) is 58.4 Å². The van der Waals surface area contributed by atoms with Crippen molar-refractivity contribution < 1.29 is 0 Å². The van der Waals surface area contributed by atoms with Gasteiger partial charge in [-0.25, -0.2) is 0 Å². The minimum Gasteiger partial charge on any atom is -0.371 e. The molecule has 0 spiro atoms. The highest BCUT2D eigenvalue weighted by Crippen LogP contribution is 2.23. The fourth-order valence-electron chi connectivity index (χ4n) is 3.51. The maximum Gasteiger partial charge on any atom is 0.191 e. The van der Waals surface area contributed by atoms with Crippen molar-refractivity contribution in [1.82, 2.24) is 10.6 Å². The van der Waals surface area contributed by atoms with Gasteiger partial charge in [-0.2, -0.15) is 0 Å². The van der Waals surface area contributed by atoms with Gasteiger partial charge in [-0.05, 0) is 54.8 Å². The molecule has 4 nitrogen and oxygen atoms in total. The summed E-state index contributed by atoms with van der Waals surface area (Å²) in [7, 11) is 1.84. The molecule has 1 fully saturated rings. The largest absolute Gasteiger partial charge is 0.371 e. The second kappa shape index (κ2) is 9.70. The van der Waals surface area contributed by atoms with Gasteiger partial charge in [0, 0.05) is 43.8 Å². The number of nitrogens with one attached hydrogen (secondary N) is 2. The highest BCUT2D eigenvalue weighted by atomic mass is 32.2. The zero-order chi connectivity index (χ0) is 19.1. The molecular weight excluding hydrogens is 352 g/mol. The average Bonchev–Trinajstić information content (AvgIpc) is 3.18. The highest BCUT2D eigenvalue weighted by molar-refractivity contribution is 7.98. The third kappa shape index (κ3) is 5.42. The lowest BCUT2D eigenvalue weighted by Gasteiger charge is -2.19. The Labute approximate surface area is 167 Å². The summed E-state index contributed by atoms with van der Waals surface area (Å²) in [6.45, 7) is 6.10. The van der Waals surface area contributed by atoms with Crippen LogP contribution >= 0.6 is 11.8 Å². The molecule has 1 aliphatic heterocycles. The quantitative estimate of drug-likeness (QED) is 0.451. The molecule has 1 unspecified atom stereocenters. The first-order valence-electron chi connectivity index (χ1n) is 9.57. The molecule has 2 aromatic rings. The van der Waals surface area contributed by atoms with Gasteiger partial charge in [-0.15, -0.1) is 11.8 Å². The molecular formula is C22H30N4S. The lowest BCUT2D eigenvalue weighted by Crippen LogP contribution is -2.40. The number of guanidine groups is 1. The Kier molecular flexibility index (Phi) is 7.04. The van der Waals surface area contributed by atoms with Crippen LogP contribution in [0.4, 0.5) is 5.69 Å². The van der Waals surface area contributed by atoms with Crippen molar-refractivity contribution >= 4 is 23.4 Å². The molecule has 1 heterocycles. The summed E-state index contributed by atoms with van der Waals surface area (Å²) in [4.78, 5) is 8.19. The van der Waals surface area contributed by atoms with Crippen molar-refractivity contribution in [1.29, 1.82) is 0 Å². The van der Waals surface area contributed by atoms with Gasteiger partial charge >= 0.3 is 0 Å². The highest BCUT2D eigenvalue weighted by Gasteiger charge is 2.22. The molecule has 0 amide bonds. The lowest BCUT2D eigenvalue weighted by atomic mass is 10.1. The molecule has 27 heavy (non-hydrogen) atoms. The number of nitrogens with zero attached hydrogens (tertiary/aromatic N) is 2. The van der Waals surface area contributed by atoms with Crippen molar-refractivity contribution in [2.24, 2.45) is 10.9 Å². The second-order valence-electron chi connectivity index (χ2n) is 7.06. The third-order valence-corrected chi connectivity index (χ3v) is 5.90. The van der Waals surface area contributed by atoms with E-state index in [1.54, 1.807) is 11.8 Å². The molecule has 2 N–H and O–H groups in total. The smallest absolute Gasteiger partial charge is 0.191 e. The van der Waals surface area contributed by atoms with Crippen LogP contribution < -0.4 is 15.5 Å². The lowest BCUT2D eigenvalue weighted by molar-refractivity contribution is 0.565. The van der Waals surface area contributed by atoms with E-state index < -0.39 is 0 Å². The van der Waals surface area contributed by atoms with Gasteiger partial charge in [0.2, 0.25) is 0 Å². The summed E-state index contributed by atoms with van der Waals surface area (Å²) >= 11 is 1.79. The normalized spacial score (nSPS) is 17.2. The minimum absolute atomic E-state index is 0.643. The molecule has 0 bridgehead atoms. The van der Waals surface area contributed by atoms with Gasteiger partial charge in [0.05, 0.1) is 0 Å². The van der Waals surface area contributed by atoms with Crippen molar-refractivity contribution in [3.8, 4) is 0 Å². The van der Waals surface area contributed by atoms with Gasteiger partial charge in [-0.3, -0.25) is 4.99 Å². The van der Waals surface area contributed by atoms with Crippen LogP contribution in [0.2, 0.25) is 0 Å². The van der Waals surface area contributed by atoms with Crippen molar-refractivity contribution in [2.75, 3.05) is 37.8 Å². The zero-order valence-corrected chi connectivity index (χ0v) is 17.4. The first-order chi connectivity index (χ1) is 13.2. The molecule has 1 aliphatic rings. The Morgan fingerprint density at radius 2 is 2.00 bits per heavy atom. The number of aliphatic imine (C=N–C) groups is 1. The van der Waals surface area contributed by atoms with Crippen LogP contribution in [0.1, 0.15) is 17.5 Å². The van der Waals surface area contributed by atoms with Crippen molar-refractivity contribution in [3.63, 3.8) is 0 Å². The van der Waals surface area contributed by atoms with Gasteiger partial charge in [0.1, 0.15) is 0 Å². The van der Waals surface area contributed by atoms with Crippen LogP contribution in [0.5, 0.6) is 0 Å². The summed E-state index contributed by atoms with van der Waals surface area (Å²) in [6, 6.07) is 17.3. The molecule has 3 rings (SSSR count). The molecule has 2 aromatic carbocycles. The van der Waals surface area contributed by atoms with Crippen LogP contribution in [0.25, 0.3) is 0 Å². The SMILES string of the molecule is CN=C(NCc1ccc(C)cc1SC)NCC1CCN(c2ccccc2)C1. The predicted octanol–water partition coefficient (Wildman–Crippen LogP) is 3.91. The predicted molar refractivity (Wildman–Crippen MR) is 118 cm³/mol. The van der Waals surface area contributed by atoms with Crippen molar-refractivity contribution in [3.05, 3.63) is 59.7 Å². The standard InChI is InChI=1S/C22H30N4S/c1-17-9-10-19(21(13-17)27-3)15-25-22(23-2)24-14-18-11-12-26(16-18)20-7-5-4-6-8-20/h4-10,13,18H,11-12,14-16H2,1-3H3,(H2,23,24,25). The summed E-state index contributed by atoms with van der Waals surface area (Å²) in [5, 5.41) is 6.97. The molecule has 144 valence electrons. The maximum absolute atomic E-state index is 4.39. The van der Waals surface area contributed by atoms with E-state index in [9.17, 15) is 0 Å². The van der Waals surface area contributed by atoms with Crippen molar-refractivity contribution in [2.45, 2.75) is 24.8 Å². The van der Waals surface area contributed by atoms with Gasteiger partial charge in [-0.1, -0.05) is 30.3 Å². The van der Waals surface area contributed by atoms with Crippen LogP contribution in [-0.2, 0) is 6.54 Å². The number of hydrogen-bond acceptors (Lipinski definition) is 3. The minimum atomic E-state index is 0.643. The monoisotopic (exact) mass is 382 g/mol. The first-order valence-corrected chi connectivity index (χ1v) is 10.8. The molecule has 0 aliphatic carbocycles. The number of anilines is 1. The van der Waals surface area contributed by atoms with Gasteiger partial charge in [0.15, 0.2) is 5.96 Å². The van der Waals surface area contributed by atoms with Crippen LogP contribution in [-0.4, -0.2) is 38.9 Å². The molecule has 0 radical (unpaired) electrons. The third-order valence-electron chi connectivity index (χ3n) is 5.08. The fourth-order valence-corrected chi connectivity index (χ4v) is 4.22. The van der Waals surface area contributed by atoms with E-state index >= 15 is 0 Å². The summed E-state index contributed by atoms with van der Waals surface area (Å²) in [5.74, 6) is 1.52. The Bertz CT molecular complexity index is 760. The van der Waals surface area contributed by atoms with Crippen LogP contribution in [0, 0.1) is 12.8 Å². The van der Waals surface area contributed by atoms with Crippen LogP contribution in [0.3, 0.4) is 0 Å². The molecule has 1 atom stereocenters. The van der Waals surface area contributed by atoms with E-state index in [1.165, 1.54) is 28.1 Å². The Hall–Kier alpha value is -2.14. The number of aryl methyl sites for hydroxylation is 1. The first kappa shape index (κ1) is 19.6. The number of rotatable bonds is 6. The summed E-state index contributed by atoms with van der Waals surface area (Å²) in [5.41, 5.74) is 3.94. The Balaban J connectivity index is 1.47. The molecule has 0 saturated carbocycles. The zero-order valence-electron chi connectivity index (χ0n) is 16.5. The van der Waals surface area contributed by atoms with E-state index in [1.807, 2.05) is 7.05 Å². The topological polar surface area (TPSA) is 39.7 Å². The molecule has 1 saturated heterocycles. The number of hydrogen-bond donors (Lipinski definition) is 2. The molecule has 5 heteroatoms. The van der Waals surface area contributed by atoms with E-state index in [-0.39, 0.29) is 0 Å². The maximum atomic E-state index is 4.39. The second-order valence-corrected chi connectivity index (χ2v) is 7.91.